The second kappa shape index (κ2) is 25.5. The molecule has 3 saturated heterocycles. The SMILES string of the molecule is CC[C@@H]1OC(=O)[C@H](C)[C@@H](O[C@@H]2C[C@](C)(OC)[C@H](O)[C@@H](C)O2)[C@@H](C)[C@@H](O[C@@H]2O[C@H](C)C[C@H](N(C)Cc3cccc(-c4cn(CCCCCC(=O)NO)nn4)c3)[C@H]2O)[C@](C)(O)C[C@@H](C)CN(C)[C@H](C)[C@@H](O)[C@]1(C)O. The van der Waals surface area contributed by atoms with E-state index in [1.54, 1.807) is 51.7 Å². The molecule has 0 spiro atoms. The molecule has 1 amide bonds. The van der Waals surface area contributed by atoms with Crippen molar-refractivity contribution in [3.63, 3.8) is 0 Å². The summed E-state index contributed by atoms with van der Waals surface area (Å²) in [6.45, 7) is 19.0. The summed E-state index contributed by atoms with van der Waals surface area (Å²) in [6, 6.07) is 6.94. The maximum Gasteiger partial charge on any atom is 0.311 e. The molecule has 0 bridgehead atoms. The van der Waals surface area contributed by atoms with Crippen LogP contribution in [0.2, 0.25) is 0 Å². The molecular weight excluding hydrogens is 933 g/mol. The molecule has 4 heterocycles. The Balaban J connectivity index is 1.44. The van der Waals surface area contributed by atoms with Crippen molar-refractivity contribution in [2.24, 2.45) is 17.8 Å². The Labute approximate surface area is 426 Å². The van der Waals surface area contributed by atoms with E-state index < -0.39 is 108 Å². The summed E-state index contributed by atoms with van der Waals surface area (Å²) in [5.74, 6) is -3.22. The Morgan fingerprint density at radius 1 is 0.986 bits per heavy atom. The zero-order valence-corrected chi connectivity index (χ0v) is 45.0. The van der Waals surface area contributed by atoms with E-state index in [0.717, 1.165) is 24.0 Å². The molecule has 7 N–H and O–H groups in total. The topological polar surface area (TPSA) is 260 Å². The largest absolute Gasteiger partial charge is 0.459 e. The number of nitrogens with one attached hydrogen (secondary N) is 1. The first-order chi connectivity index (χ1) is 33.8. The lowest BCUT2D eigenvalue weighted by atomic mass is 9.77. The van der Waals surface area contributed by atoms with Crippen LogP contribution >= 0.6 is 0 Å². The number of methoxy groups -OCH3 is 1. The fourth-order valence-electron chi connectivity index (χ4n) is 11.2. The lowest BCUT2D eigenvalue weighted by Gasteiger charge is -2.49. The van der Waals surface area contributed by atoms with E-state index in [1.165, 1.54) is 14.0 Å². The summed E-state index contributed by atoms with van der Waals surface area (Å²) < 4.78 is 40.1. The van der Waals surface area contributed by atoms with Gasteiger partial charge in [-0.05, 0) is 112 Å². The highest BCUT2D eigenvalue weighted by molar-refractivity contribution is 5.74. The highest BCUT2D eigenvalue weighted by atomic mass is 16.7. The van der Waals surface area contributed by atoms with Crippen LogP contribution in [0.4, 0.5) is 0 Å². The first-order valence-electron chi connectivity index (χ1n) is 26.0. The quantitative estimate of drug-likeness (QED) is 0.0546. The minimum atomic E-state index is -1.84. The Bertz CT molecular complexity index is 2030. The maximum atomic E-state index is 14.5. The number of carbonyl (C=O) groups excluding carboxylic acids is 2. The number of ether oxygens (including phenoxy) is 6. The molecule has 18 atom stereocenters. The van der Waals surface area contributed by atoms with E-state index in [0.29, 0.717) is 38.2 Å². The standard InChI is InChI=1S/C52H88N6O14/c1-14-40-52(10,65)45(61)34(6)56(11)27-30(2)25-50(8,64)47(32(4)44(33(5)48(63)70-40)71-42-26-51(9,67-13)46(62)35(7)69-42)72-49-43(60)39(23-31(3)68-49)57(12)28-36-19-18-20-37(24-36)38-29-58(55-53-38)22-17-15-16-21-41(59)54-66/h18-20,24,29-35,39-40,42-47,49,60-62,64-66H,14-17,21-23,25-28H2,1-13H3,(H,54,59)/t30-,31-,32-,33-,34-,35-,39+,40+,42-,43-,44+,45-,46-,47-,49+,50-,51+,52-/m1/s1. The van der Waals surface area contributed by atoms with Crippen LogP contribution in [0.25, 0.3) is 11.3 Å². The van der Waals surface area contributed by atoms with Crippen LogP contribution in [-0.2, 0) is 51.1 Å². The van der Waals surface area contributed by atoms with Gasteiger partial charge in [0.25, 0.3) is 0 Å². The number of unbranched alkanes of at least 4 members (excludes halogenated alkanes) is 2. The second-order valence-electron chi connectivity index (χ2n) is 22.0. The minimum absolute atomic E-state index is 0.0944. The number of hydrogen-bond donors (Lipinski definition) is 7. The van der Waals surface area contributed by atoms with Crippen molar-refractivity contribution in [3.8, 4) is 11.3 Å². The number of amides is 1. The molecule has 3 aliphatic rings. The van der Waals surface area contributed by atoms with E-state index in [-0.39, 0.29) is 37.7 Å². The first kappa shape index (κ1) is 59.7. The zero-order chi connectivity index (χ0) is 53.5. The third-order valence-electron chi connectivity index (χ3n) is 15.7. The van der Waals surface area contributed by atoms with Crippen LogP contribution in [0.3, 0.4) is 0 Å². The Morgan fingerprint density at radius 3 is 2.36 bits per heavy atom. The molecule has 72 heavy (non-hydrogen) atoms. The van der Waals surface area contributed by atoms with Crippen molar-refractivity contribution in [1.29, 1.82) is 0 Å². The number of aryl methyl sites for hydroxylation is 1. The van der Waals surface area contributed by atoms with Crippen molar-refractivity contribution in [2.45, 2.75) is 224 Å². The monoisotopic (exact) mass is 1020 g/mol. The fourth-order valence-corrected chi connectivity index (χ4v) is 11.2. The molecule has 20 heteroatoms. The van der Waals surface area contributed by atoms with Gasteiger partial charge >= 0.3 is 5.97 Å². The van der Waals surface area contributed by atoms with Crippen LogP contribution in [0, 0.1) is 17.8 Å². The van der Waals surface area contributed by atoms with Gasteiger partial charge in [0, 0.05) is 63.2 Å². The van der Waals surface area contributed by atoms with Crippen LogP contribution in [0.5, 0.6) is 0 Å². The van der Waals surface area contributed by atoms with E-state index in [4.69, 9.17) is 33.6 Å². The average molecular weight is 1020 g/mol. The number of hydroxylamine groups is 1. The summed E-state index contributed by atoms with van der Waals surface area (Å²) in [6.07, 6.45) is -4.83. The van der Waals surface area contributed by atoms with Gasteiger partial charge in [-0.1, -0.05) is 50.6 Å². The number of aliphatic hydroxyl groups is 5. The number of cyclic esters (lactones) is 1. The summed E-state index contributed by atoms with van der Waals surface area (Å²) in [7, 11) is 5.27. The van der Waals surface area contributed by atoms with Gasteiger partial charge in [-0.3, -0.25) is 24.4 Å². The number of aromatic nitrogens is 3. The Hall–Kier alpha value is -3.22. The van der Waals surface area contributed by atoms with Crippen molar-refractivity contribution in [2.75, 3.05) is 27.7 Å². The predicted octanol–water partition coefficient (Wildman–Crippen LogP) is 3.80. The van der Waals surface area contributed by atoms with Crippen molar-refractivity contribution in [3.05, 3.63) is 36.0 Å². The lowest BCUT2D eigenvalue weighted by molar-refractivity contribution is -0.318. The second-order valence-corrected chi connectivity index (χ2v) is 22.0. The highest BCUT2D eigenvalue weighted by Gasteiger charge is 2.53. The van der Waals surface area contributed by atoms with Crippen LogP contribution in [0.15, 0.2) is 30.5 Å². The van der Waals surface area contributed by atoms with Gasteiger partial charge in [0.15, 0.2) is 12.6 Å². The fraction of sp³-hybridized carbons (Fsp3) is 0.808. The smallest absolute Gasteiger partial charge is 0.311 e. The van der Waals surface area contributed by atoms with Crippen LogP contribution in [0.1, 0.15) is 126 Å². The van der Waals surface area contributed by atoms with Crippen molar-refractivity contribution < 1.29 is 68.8 Å². The maximum absolute atomic E-state index is 14.5. The third-order valence-corrected chi connectivity index (χ3v) is 15.7. The number of hydrogen-bond acceptors (Lipinski definition) is 18. The normalized spacial score (nSPS) is 39.0. The molecule has 0 radical (unpaired) electrons. The molecular formula is C52H88N6O14. The molecule has 5 rings (SSSR count). The number of nitrogens with zero attached hydrogens (tertiary/aromatic N) is 5. The molecule has 0 saturated carbocycles. The van der Waals surface area contributed by atoms with Gasteiger partial charge in [0.05, 0.1) is 47.7 Å². The Morgan fingerprint density at radius 2 is 1.69 bits per heavy atom. The summed E-state index contributed by atoms with van der Waals surface area (Å²) in [4.78, 5) is 29.8. The molecule has 410 valence electrons. The van der Waals surface area contributed by atoms with Gasteiger partial charge in [0.1, 0.15) is 35.7 Å². The summed E-state index contributed by atoms with van der Waals surface area (Å²) in [5.41, 5.74) is -0.347. The molecule has 0 aliphatic carbocycles. The summed E-state index contributed by atoms with van der Waals surface area (Å²) in [5, 5.41) is 77.3. The van der Waals surface area contributed by atoms with Gasteiger partial charge in [-0.25, -0.2) is 5.48 Å². The minimum Gasteiger partial charge on any atom is -0.459 e. The molecule has 20 nitrogen and oxygen atoms in total. The van der Waals surface area contributed by atoms with Gasteiger partial charge in [-0.15, -0.1) is 5.10 Å². The molecule has 1 aromatic carbocycles. The lowest BCUT2D eigenvalue weighted by Crippen LogP contribution is -2.60. The first-order valence-corrected chi connectivity index (χ1v) is 26.0. The number of esters is 1. The summed E-state index contributed by atoms with van der Waals surface area (Å²) >= 11 is 0. The van der Waals surface area contributed by atoms with E-state index in [2.05, 4.69) is 15.2 Å². The number of carbonyl (C=O) groups is 2. The molecule has 1 aromatic heterocycles. The van der Waals surface area contributed by atoms with Gasteiger partial charge in [0.2, 0.25) is 5.91 Å². The molecule has 0 unspecified atom stereocenters. The number of rotatable bonds is 16. The average Bonchev–Trinajstić information content (AvgIpc) is 3.81. The number of benzene rings is 1. The van der Waals surface area contributed by atoms with Crippen molar-refractivity contribution in [1.82, 2.24) is 30.3 Å². The zero-order valence-electron chi connectivity index (χ0n) is 45.0. The third kappa shape index (κ3) is 14.6. The van der Waals surface area contributed by atoms with E-state index >= 15 is 0 Å². The Kier molecular flexibility index (Phi) is 21.2. The molecule has 2 aromatic rings. The molecule has 3 fully saturated rings. The van der Waals surface area contributed by atoms with E-state index in [9.17, 15) is 35.1 Å². The number of likely N-dealkylation sites (N-methyl/N-ethyl adjacent to an activating group) is 2. The predicted molar refractivity (Wildman–Crippen MR) is 266 cm³/mol. The van der Waals surface area contributed by atoms with Gasteiger partial charge in [-0.2, -0.15) is 0 Å². The van der Waals surface area contributed by atoms with E-state index in [1.807, 2.05) is 70.2 Å². The van der Waals surface area contributed by atoms with Crippen LogP contribution < -0.4 is 5.48 Å². The number of aliphatic hydroxyl groups excluding tert-OH is 3. The van der Waals surface area contributed by atoms with Crippen molar-refractivity contribution >= 4 is 11.9 Å². The van der Waals surface area contributed by atoms with Crippen LogP contribution in [-0.4, -0.2) is 185 Å². The molecule has 3 aliphatic heterocycles. The van der Waals surface area contributed by atoms with Gasteiger partial charge < -0.3 is 58.9 Å². The highest BCUT2D eigenvalue weighted by Crippen LogP contribution is 2.40.